The summed E-state index contributed by atoms with van der Waals surface area (Å²) in [6.07, 6.45) is 2.95. The second kappa shape index (κ2) is 8.09. The Kier molecular flexibility index (Phi) is 6.41. The Hall–Kier alpha value is -0.910. The minimum absolute atomic E-state index is 0.284. The summed E-state index contributed by atoms with van der Waals surface area (Å²) in [6.45, 7) is 7.41. The molecule has 0 aliphatic carbocycles. The Morgan fingerprint density at radius 2 is 1.82 bits per heavy atom. The van der Waals surface area contributed by atoms with Gasteiger partial charge in [0.05, 0.1) is 38.0 Å². The molecular weight excluding hydrogens is 296 g/mol. The zero-order valence-corrected chi connectivity index (χ0v) is 14.6. The first-order valence-corrected chi connectivity index (χ1v) is 10.00. The second-order valence-electron chi connectivity index (χ2n) is 6.30. The van der Waals surface area contributed by atoms with Crippen LogP contribution in [0, 0.1) is 0 Å². The molecule has 0 spiro atoms. The first-order chi connectivity index (χ1) is 10.5. The van der Waals surface area contributed by atoms with E-state index in [1.54, 1.807) is 9.21 Å². The summed E-state index contributed by atoms with van der Waals surface area (Å²) in [5.41, 5.74) is 1.39. The number of piperazine rings is 1. The molecule has 5 heteroatoms. The molecular formula is C17H29N2O2S+. The molecule has 1 aromatic rings. The molecule has 0 aromatic heterocycles. The maximum atomic E-state index is 12.1. The van der Waals surface area contributed by atoms with Gasteiger partial charge in [0.15, 0.2) is 0 Å². The number of sulfonamides is 1. The predicted octanol–water partition coefficient (Wildman–Crippen LogP) is 0.948. The van der Waals surface area contributed by atoms with Crippen LogP contribution < -0.4 is 4.90 Å². The molecule has 1 aromatic carbocycles. The summed E-state index contributed by atoms with van der Waals surface area (Å²) >= 11 is 0. The minimum atomic E-state index is -3.02. The van der Waals surface area contributed by atoms with Gasteiger partial charge in [0.2, 0.25) is 10.0 Å². The fourth-order valence-electron chi connectivity index (χ4n) is 3.16. The minimum Gasteiger partial charge on any atom is -0.331 e. The van der Waals surface area contributed by atoms with E-state index in [4.69, 9.17) is 0 Å². The number of nitrogens with one attached hydrogen (secondary N) is 1. The van der Waals surface area contributed by atoms with Crippen molar-refractivity contribution in [3.8, 4) is 0 Å². The number of hydrogen-bond acceptors (Lipinski definition) is 2. The average Bonchev–Trinajstić information content (AvgIpc) is 2.54. The van der Waals surface area contributed by atoms with Crippen molar-refractivity contribution >= 4 is 10.0 Å². The third kappa shape index (κ3) is 4.80. The Morgan fingerprint density at radius 3 is 2.41 bits per heavy atom. The normalized spacial score (nSPS) is 19.2. The molecule has 0 saturated carbocycles. The van der Waals surface area contributed by atoms with Gasteiger partial charge in [0.1, 0.15) is 0 Å². The lowest BCUT2D eigenvalue weighted by Gasteiger charge is -2.34. The number of hydrogen-bond donors (Lipinski definition) is 1. The third-order valence-electron chi connectivity index (χ3n) is 4.63. The lowest BCUT2D eigenvalue weighted by atomic mass is 10.0. The monoisotopic (exact) mass is 325 g/mol. The van der Waals surface area contributed by atoms with Crippen LogP contribution in [0.4, 0.5) is 0 Å². The van der Waals surface area contributed by atoms with E-state index < -0.39 is 10.0 Å². The zero-order chi connectivity index (χ0) is 16.0. The van der Waals surface area contributed by atoms with Gasteiger partial charge < -0.3 is 4.90 Å². The van der Waals surface area contributed by atoms with Crippen LogP contribution in [0.5, 0.6) is 0 Å². The van der Waals surface area contributed by atoms with E-state index in [-0.39, 0.29) is 5.75 Å². The van der Waals surface area contributed by atoms with E-state index in [2.05, 4.69) is 31.2 Å². The number of nitrogens with zero attached hydrogens (tertiary/aromatic N) is 1. The van der Waals surface area contributed by atoms with Crippen LogP contribution in [-0.2, 0) is 16.4 Å². The van der Waals surface area contributed by atoms with Crippen molar-refractivity contribution in [3.05, 3.63) is 35.9 Å². The maximum Gasteiger partial charge on any atom is 0.214 e. The molecule has 4 nitrogen and oxygen atoms in total. The van der Waals surface area contributed by atoms with Crippen molar-refractivity contribution in [2.45, 2.75) is 39.2 Å². The van der Waals surface area contributed by atoms with Crippen molar-refractivity contribution in [2.24, 2.45) is 0 Å². The number of aryl methyl sites for hydroxylation is 1. The highest BCUT2D eigenvalue weighted by atomic mass is 32.2. The first-order valence-electron chi connectivity index (χ1n) is 8.39. The highest BCUT2D eigenvalue weighted by molar-refractivity contribution is 7.89. The van der Waals surface area contributed by atoms with Crippen LogP contribution in [0.15, 0.2) is 30.3 Å². The van der Waals surface area contributed by atoms with Gasteiger partial charge in [-0.1, -0.05) is 37.3 Å². The highest BCUT2D eigenvalue weighted by Crippen LogP contribution is 2.06. The van der Waals surface area contributed by atoms with Crippen LogP contribution >= 0.6 is 0 Å². The summed E-state index contributed by atoms with van der Waals surface area (Å²) in [6, 6.07) is 11.2. The van der Waals surface area contributed by atoms with Gasteiger partial charge in [-0.2, -0.15) is 4.31 Å². The van der Waals surface area contributed by atoms with E-state index in [1.807, 2.05) is 13.0 Å². The Bertz CT molecular complexity index is 537. The molecule has 1 unspecified atom stereocenters. The molecule has 124 valence electrons. The van der Waals surface area contributed by atoms with Crippen LogP contribution in [-0.4, -0.2) is 50.7 Å². The topological polar surface area (TPSA) is 41.8 Å². The summed E-state index contributed by atoms with van der Waals surface area (Å²) in [4.78, 5) is 1.54. The van der Waals surface area contributed by atoms with Crippen molar-refractivity contribution in [1.82, 2.24) is 4.31 Å². The molecule has 0 radical (unpaired) electrons. The summed E-state index contributed by atoms with van der Waals surface area (Å²) in [5, 5.41) is 0. The van der Waals surface area contributed by atoms with Crippen LogP contribution in [0.25, 0.3) is 0 Å². The van der Waals surface area contributed by atoms with Gasteiger partial charge in [-0.3, -0.25) is 0 Å². The van der Waals surface area contributed by atoms with E-state index in [0.29, 0.717) is 25.6 Å². The molecule has 1 heterocycles. The lowest BCUT2D eigenvalue weighted by Crippen LogP contribution is -3.18. The van der Waals surface area contributed by atoms with Crippen LogP contribution in [0.3, 0.4) is 0 Å². The molecule has 1 fully saturated rings. The van der Waals surface area contributed by atoms with Gasteiger partial charge in [-0.15, -0.1) is 0 Å². The Morgan fingerprint density at radius 1 is 1.18 bits per heavy atom. The Labute approximate surface area is 135 Å². The highest BCUT2D eigenvalue weighted by Gasteiger charge is 2.30. The van der Waals surface area contributed by atoms with Gasteiger partial charge in [-0.25, -0.2) is 8.42 Å². The summed E-state index contributed by atoms with van der Waals surface area (Å²) in [5.74, 6) is 0.284. The summed E-state index contributed by atoms with van der Waals surface area (Å²) in [7, 11) is -3.02. The maximum absolute atomic E-state index is 12.1. The second-order valence-corrected chi connectivity index (χ2v) is 8.39. The van der Waals surface area contributed by atoms with Gasteiger partial charge in [0, 0.05) is 6.42 Å². The quantitative estimate of drug-likeness (QED) is 0.811. The first kappa shape index (κ1) is 17.4. The molecule has 1 atom stereocenters. The fourth-order valence-corrected chi connectivity index (χ4v) is 4.68. The predicted molar refractivity (Wildman–Crippen MR) is 90.6 cm³/mol. The van der Waals surface area contributed by atoms with Crippen molar-refractivity contribution in [2.75, 3.05) is 31.9 Å². The molecule has 2 rings (SSSR count). The van der Waals surface area contributed by atoms with E-state index in [9.17, 15) is 8.42 Å². The van der Waals surface area contributed by atoms with Gasteiger partial charge >= 0.3 is 0 Å². The summed E-state index contributed by atoms with van der Waals surface area (Å²) < 4.78 is 25.9. The van der Waals surface area contributed by atoms with E-state index in [1.165, 1.54) is 5.56 Å². The average molecular weight is 325 g/mol. The molecule has 1 saturated heterocycles. The lowest BCUT2D eigenvalue weighted by molar-refractivity contribution is -0.927. The molecule has 1 aliphatic rings. The number of benzene rings is 1. The van der Waals surface area contributed by atoms with E-state index >= 15 is 0 Å². The molecule has 1 N–H and O–H groups in total. The van der Waals surface area contributed by atoms with Crippen LogP contribution in [0.1, 0.15) is 32.3 Å². The molecule has 22 heavy (non-hydrogen) atoms. The van der Waals surface area contributed by atoms with Gasteiger partial charge in [0.25, 0.3) is 0 Å². The smallest absolute Gasteiger partial charge is 0.214 e. The van der Waals surface area contributed by atoms with Crippen LogP contribution in [0.2, 0.25) is 0 Å². The van der Waals surface area contributed by atoms with E-state index in [0.717, 1.165) is 25.9 Å². The number of quaternary nitrogens is 1. The van der Waals surface area contributed by atoms with Gasteiger partial charge in [-0.05, 0) is 25.3 Å². The number of rotatable bonds is 7. The molecule has 1 aliphatic heterocycles. The Balaban J connectivity index is 1.79. The standard InChI is InChI=1S/C17H28N2O2S/c1-3-15-22(20,21)19-13-11-18(12-14-19)16(2)9-10-17-7-5-4-6-8-17/h4-8,16H,3,9-15H2,1-2H3/p+1. The molecule has 0 amide bonds. The fraction of sp³-hybridized carbons (Fsp3) is 0.647. The third-order valence-corrected chi connectivity index (χ3v) is 6.70. The van der Waals surface area contributed by atoms with Crippen molar-refractivity contribution in [1.29, 1.82) is 0 Å². The SMILES string of the molecule is CCCS(=O)(=O)N1CC[NH+](C(C)CCc2ccccc2)CC1. The van der Waals surface area contributed by atoms with Crippen molar-refractivity contribution in [3.63, 3.8) is 0 Å². The van der Waals surface area contributed by atoms with Crippen molar-refractivity contribution < 1.29 is 13.3 Å². The zero-order valence-electron chi connectivity index (χ0n) is 13.8. The largest absolute Gasteiger partial charge is 0.331 e. The molecule has 0 bridgehead atoms.